The van der Waals surface area contributed by atoms with Crippen molar-refractivity contribution < 1.29 is 22.8 Å². The first kappa shape index (κ1) is 20.5. The Morgan fingerprint density at radius 3 is 2.36 bits per heavy atom. The smallest absolute Gasteiger partial charge is 0.360 e. The normalized spacial score (nSPS) is 11.3. The Bertz CT molecular complexity index is 962. The molecule has 0 atom stereocenters. The van der Waals surface area contributed by atoms with Gasteiger partial charge in [-0.2, -0.15) is 18.4 Å². The van der Waals surface area contributed by atoms with Crippen LogP contribution >= 0.6 is 0 Å². The Morgan fingerprint density at radius 1 is 1.04 bits per heavy atom. The zero-order chi connectivity index (χ0) is 20.7. The minimum atomic E-state index is -4.65. The highest BCUT2D eigenvalue weighted by Crippen LogP contribution is 2.34. The molecular formula is C19H15F3N4O2. The molecule has 0 aromatic heterocycles. The van der Waals surface area contributed by atoms with E-state index < -0.39 is 28.9 Å². The molecule has 2 aromatic carbocycles. The molecule has 0 unspecified atom stereocenters. The molecule has 144 valence electrons. The lowest BCUT2D eigenvalue weighted by molar-refractivity contribution is -0.137. The summed E-state index contributed by atoms with van der Waals surface area (Å²) < 4.78 is 39.0. The zero-order valence-corrected chi connectivity index (χ0v) is 14.6. The van der Waals surface area contributed by atoms with Crippen molar-refractivity contribution in [1.82, 2.24) is 0 Å². The summed E-state index contributed by atoms with van der Waals surface area (Å²) in [4.78, 5) is 23.3. The van der Waals surface area contributed by atoms with Crippen LogP contribution in [-0.2, 0) is 15.8 Å². The first-order valence-corrected chi connectivity index (χ1v) is 7.92. The van der Waals surface area contributed by atoms with Gasteiger partial charge in [0.2, 0.25) is 5.91 Å². The molecule has 0 saturated heterocycles. The van der Waals surface area contributed by atoms with Gasteiger partial charge in [0.15, 0.2) is 0 Å². The third-order valence-electron chi connectivity index (χ3n) is 3.41. The molecule has 0 aliphatic rings. The summed E-state index contributed by atoms with van der Waals surface area (Å²) in [5, 5.41) is 16.5. The van der Waals surface area contributed by atoms with Crippen LogP contribution in [0.25, 0.3) is 0 Å². The van der Waals surface area contributed by atoms with Crippen molar-refractivity contribution in [2.45, 2.75) is 13.1 Å². The second-order valence-electron chi connectivity index (χ2n) is 5.57. The summed E-state index contributed by atoms with van der Waals surface area (Å²) in [5.74, 6) is -1.27. The van der Waals surface area contributed by atoms with Crippen molar-refractivity contribution in [3.05, 3.63) is 65.9 Å². The molecular weight excluding hydrogens is 373 g/mol. The van der Waals surface area contributed by atoms with E-state index in [0.29, 0.717) is 11.4 Å². The maximum Gasteiger partial charge on any atom is 0.418 e. The number of carbonyl (C=O) groups is 2. The Labute approximate surface area is 158 Å². The average Bonchev–Trinajstić information content (AvgIpc) is 2.61. The molecule has 0 aliphatic heterocycles. The lowest BCUT2D eigenvalue weighted by atomic mass is 10.1. The number of nitriles is 1. The molecule has 9 heteroatoms. The van der Waals surface area contributed by atoms with E-state index >= 15 is 0 Å². The van der Waals surface area contributed by atoms with Crippen molar-refractivity contribution in [2.75, 3.05) is 16.0 Å². The molecule has 0 spiro atoms. The van der Waals surface area contributed by atoms with Crippen LogP contribution in [0, 0.1) is 11.3 Å². The fourth-order valence-corrected chi connectivity index (χ4v) is 2.22. The maximum absolute atomic E-state index is 13.0. The van der Waals surface area contributed by atoms with Gasteiger partial charge in [0.05, 0.1) is 11.3 Å². The fraction of sp³-hybridized carbons (Fsp3) is 0.105. The highest BCUT2D eigenvalue weighted by Gasteiger charge is 2.33. The van der Waals surface area contributed by atoms with Gasteiger partial charge in [0, 0.05) is 24.5 Å². The van der Waals surface area contributed by atoms with Crippen molar-refractivity contribution in [2.24, 2.45) is 0 Å². The topological polar surface area (TPSA) is 94.0 Å². The second-order valence-corrected chi connectivity index (χ2v) is 5.57. The first-order chi connectivity index (χ1) is 13.2. The molecule has 0 saturated carbocycles. The number of nitrogens with one attached hydrogen (secondary N) is 3. The van der Waals surface area contributed by atoms with Gasteiger partial charge in [0.25, 0.3) is 5.91 Å². The van der Waals surface area contributed by atoms with Crippen molar-refractivity contribution in [3.63, 3.8) is 0 Å². The molecule has 2 amide bonds. The van der Waals surface area contributed by atoms with Gasteiger partial charge >= 0.3 is 6.18 Å². The van der Waals surface area contributed by atoms with Gasteiger partial charge < -0.3 is 16.0 Å². The van der Waals surface area contributed by atoms with Gasteiger partial charge in [-0.3, -0.25) is 9.59 Å². The van der Waals surface area contributed by atoms with Gasteiger partial charge in [-0.25, -0.2) is 0 Å². The summed E-state index contributed by atoms with van der Waals surface area (Å²) in [6.07, 6.45) is -3.58. The van der Waals surface area contributed by atoms with E-state index in [4.69, 9.17) is 5.26 Å². The fourth-order valence-electron chi connectivity index (χ4n) is 2.22. The number of hydrogen-bond donors (Lipinski definition) is 3. The number of carbonyl (C=O) groups excluding carboxylic acids is 2. The van der Waals surface area contributed by atoms with Gasteiger partial charge in [0.1, 0.15) is 11.6 Å². The largest absolute Gasteiger partial charge is 0.418 e. The molecule has 3 N–H and O–H groups in total. The first-order valence-electron chi connectivity index (χ1n) is 7.92. The number of benzene rings is 2. The zero-order valence-electron chi connectivity index (χ0n) is 14.6. The summed E-state index contributed by atoms with van der Waals surface area (Å²) in [6, 6.07) is 12.5. The number of hydrogen-bond acceptors (Lipinski definition) is 4. The Kier molecular flexibility index (Phi) is 6.39. The lowest BCUT2D eigenvalue weighted by Gasteiger charge is -2.13. The summed E-state index contributed by atoms with van der Waals surface area (Å²) in [5.41, 5.74) is -0.942. The molecule has 2 aromatic rings. The minimum Gasteiger partial charge on any atom is -0.360 e. The average molecular weight is 388 g/mol. The van der Waals surface area contributed by atoms with E-state index in [1.165, 1.54) is 19.1 Å². The number of para-hydroxylation sites is 1. The number of nitrogens with zero attached hydrogens (tertiary/aromatic N) is 1. The van der Waals surface area contributed by atoms with E-state index in [9.17, 15) is 22.8 Å². The number of amides is 2. The quantitative estimate of drug-likeness (QED) is 0.530. The van der Waals surface area contributed by atoms with Crippen LogP contribution in [0.2, 0.25) is 0 Å². The molecule has 2 rings (SSSR count). The van der Waals surface area contributed by atoms with Crippen LogP contribution in [0.5, 0.6) is 0 Å². The summed E-state index contributed by atoms with van der Waals surface area (Å²) >= 11 is 0. The Morgan fingerprint density at radius 2 is 1.71 bits per heavy atom. The van der Waals surface area contributed by atoms with Crippen molar-refractivity contribution >= 4 is 28.9 Å². The Balaban J connectivity index is 2.17. The van der Waals surface area contributed by atoms with Crippen molar-refractivity contribution in [1.29, 1.82) is 5.26 Å². The molecule has 0 heterocycles. The molecule has 28 heavy (non-hydrogen) atoms. The van der Waals surface area contributed by atoms with Gasteiger partial charge in [-0.15, -0.1) is 0 Å². The van der Waals surface area contributed by atoms with E-state index in [1.54, 1.807) is 30.3 Å². The Hall–Kier alpha value is -3.80. The third kappa shape index (κ3) is 5.60. The van der Waals surface area contributed by atoms with E-state index in [0.717, 1.165) is 18.3 Å². The number of rotatable bonds is 5. The number of halogens is 3. The van der Waals surface area contributed by atoms with Crippen LogP contribution in [0.15, 0.2) is 60.3 Å². The standard InChI is InChI=1S/C19H15F3N4O2/c1-12(27)25-15-6-4-5-14(9-15)24-11-13(10-23)18(28)26-17-8-3-2-7-16(17)19(20,21)22/h2-9,11,24H,1H3,(H,25,27)(H,26,28)/b13-11-. The lowest BCUT2D eigenvalue weighted by Crippen LogP contribution is -2.18. The molecule has 0 aliphatic carbocycles. The predicted molar refractivity (Wildman–Crippen MR) is 98.1 cm³/mol. The van der Waals surface area contributed by atoms with Gasteiger partial charge in [-0.05, 0) is 30.3 Å². The maximum atomic E-state index is 13.0. The predicted octanol–water partition coefficient (Wildman–Crippen LogP) is 4.12. The van der Waals surface area contributed by atoms with Crippen LogP contribution in [0.3, 0.4) is 0 Å². The monoisotopic (exact) mass is 388 g/mol. The summed E-state index contributed by atoms with van der Waals surface area (Å²) in [6.45, 7) is 1.34. The second kappa shape index (κ2) is 8.73. The summed E-state index contributed by atoms with van der Waals surface area (Å²) in [7, 11) is 0. The molecule has 0 fully saturated rings. The van der Waals surface area contributed by atoms with E-state index in [1.807, 2.05) is 0 Å². The molecule has 0 bridgehead atoms. The van der Waals surface area contributed by atoms with Gasteiger partial charge in [-0.1, -0.05) is 18.2 Å². The highest BCUT2D eigenvalue weighted by molar-refractivity contribution is 6.07. The van der Waals surface area contributed by atoms with Crippen LogP contribution in [-0.4, -0.2) is 11.8 Å². The molecule has 6 nitrogen and oxygen atoms in total. The van der Waals surface area contributed by atoms with Crippen LogP contribution < -0.4 is 16.0 Å². The van der Waals surface area contributed by atoms with Crippen molar-refractivity contribution in [3.8, 4) is 6.07 Å². The van der Waals surface area contributed by atoms with E-state index in [-0.39, 0.29) is 5.91 Å². The number of alkyl halides is 3. The van der Waals surface area contributed by atoms with Crippen LogP contribution in [0.4, 0.5) is 30.2 Å². The minimum absolute atomic E-state index is 0.270. The molecule has 0 radical (unpaired) electrons. The van der Waals surface area contributed by atoms with Crippen LogP contribution in [0.1, 0.15) is 12.5 Å². The third-order valence-corrected chi connectivity index (χ3v) is 3.41. The SMILES string of the molecule is CC(=O)Nc1cccc(N/C=C(/C#N)C(=O)Nc2ccccc2C(F)(F)F)c1. The van der Waals surface area contributed by atoms with E-state index in [2.05, 4.69) is 16.0 Å². The number of anilines is 3. The highest BCUT2D eigenvalue weighted by atomic mass is 19.4.